The van der Waals surface area contributed by atoms with Gasteiger partial charge in [0, 0.05) is 142 Å². The molecule has 0 radical (unpaired) electrons. The van der Waals surface area contributed by atoms with E-state index in [0.717, 1.165) is 0 Å². The fourth-order valence-electron chi connectivity index (χ4n) is 1.78. The summed E-state index contributed by atoms with van der Waals surface area (Å²) in [7, 11) is -14.6. The van der Waals surface area contributed by atoms with Crippen molar-refractivity contribution < 1.29 is 41.1 Å². The highest BCUT2D eigenvalue weighted by atomic mass is 28.6. The monoisotopic (exact) mass is 740 g/mol. The lowest BCUT2D eigenvalue weighted by molar-refractivity contribution is -0.0465. The molecule has 0 amide bonds. The summed E-state index contributed by atoms with van der Waals surface area (Å²) < 4.78 is 11.3. The van der Waals surface area contributed by atoms with E-state index in [4.69, 9.17) is 41.6 Å². The molecule has 0 unspecified atom stereocenters. The third-order valence-corrected chi connectivity index (χ3v) is 9.64. The molecule has 0 aromatic carbocycles. The third kappa shape index (κ3) is 33.0. The van der Waals surface area contributed by atoms with Crippen LogP contribution < -0.4 is 0 Å². The number of hydrogen-bond donors (Lipinski definition) is 6. The number of hydrogen-bond acceptors (Lipinski definition) is 9. The lowest BCUT2D eigenvalue weighted by Gasteiger charge is -2.34. The topological polar surface area (TPSA) is 149 Å². The van der Waals surface area contributed by atoms with Crippen molar-refractivity contribution in [2.45, 2.75) is 0 Å². The Morgan fingerprint density at radius 2 is 0.296 bits per heavy atom. The maximum atomic E-state index is 8.65. The molecule has 1 saturated heterocycles. The predicted molar refractivity (Wildman–Crippen MR) is 199 cm³/mol. The van der Waals surface area contributed by atoms with E-state index < -0.39 is 27.1 Å². The first-order chi connectivity index (χ1) is 26.0. The highest BCUT2D eigenvalue weighted by molar-refractivity contribution is 6.80. The molecule has 54 heavy (non-hydrogen) atoms. The van der Waals surface area contributed by atoms with E-state index in [1.54, 1.807) is 0 Å². The summed E-state index contributed by atoms with van der Waals surface area (Å²) in [5, 5.41) is 0. The van der Waals surface area contributed by atoms with Crippen molar-refractivity contribution in [2.24, 2.45) is 0 Å². The molecule has 6 N–H and O–H groups in total. The van der Waals surface area contributed by atoms with Crippen LogP contribution in [0.3, 0.4) is 0 Å². The van der Waals surface area contributed by atoms with Gasteiger partial charge in [0.1, 0.15) is 0 Å². The van der Waals surface area contributed by atoms with Crippen LogP contribution in [0, 0.1) is 250 Å². The Labute approximate surface area is 316 Å². The second-order valence-corrected chi connectivity index (χ2v) is 12.7. The largest absolute Gasteiger partial charge is 0.662 e. The second-order valence-electron chi connectivity index (χ2n) is 6.99. The molecule has 0 spiro atoms. The lowest BCUT2D eigenvalue weighted by atomic mass is 10.4. The maximum Gasteiger partial charge on any atom is 0.662 e. The Morgan fingerprint density at radius 3 is 0.389 bits per heavy atom. The van der Waals surface area contributed by atoms with Gasteiger partial charge in [0.05, 0.1) is 0 Å². The normalized spacial score (nSPS) is 10.0. The first-order valence-corrected chi connectivity index (χ1v) is 18.0. The van der Waals surface area contributed by atoms with E-state index in [-0.39, 0.29) is 0 Å². The lowest BCUT2D eigenvalue weighted by Crippen LogP contribution is -2.71. The average molecular weight is 741 g/mol. The van der Waals surface area contributed by atoms with Crippen molar-refractivity contribution in [2.75, 3.05) is 0 Å². The Balaban J connectivity index is 0.00000196. The summed E-state index contributed by atoms with van der Waals surface area (Å²) >= 11 is 0. The van der Waals surface area contributed by atoms with Crippen LogP contribution >= 0.6 is 0 Å². The van der Waals surface area contributed by atoms with Crippen LogP contribution in [0.4, 0.5) is 0 Å². The fourth-order valence-corrected chi connectivity index (χ4v) is 7.56. The van der Waals surface area contributed by atoms with Gasteiger partial charge in [-0.25, -0.2) is 0 Å². The van der Waals surface area contributed by atoms with Gasteiger partial charge in [-0.1, -0.05) is 0 Å². The van der Waals surface area contributed by atoms with E-state index in [0.29, 0.717) is 0 Å². The molecule has 9 nitrogen and oxygen atoms in total. The van der Waals surface area contributed by atoms with Gasteiger partial charge in [-0.15, -0.1) is 12.8 Å². The van der Waals surface area contributed by atoms with Crippen LogP contribution in [0.5, 0.6) is 0 Å². The van der Waals surface area contributed by atoms with E-state index in [2.05, 4.69) is 249 Å². The average Bonchev–Trinajstić information content (AvgIpc) is 3.09. The highest BCUT2D eigenvalue weighted by Crippen LogP contribution is 2.20. The minimum absolute atomic E-state index is 2.12. The molecular weight excluding hydrogens is 733 g/mol. The summed E-state index contributed by atoms with van der Waals surface area (Å²) in [4.78, 5) is 51.9. The van der Waals surface area contributed by atoms with Crippen LogP contribution in [0.25, 0.3) is 0 Å². The van der Waals surface area contributed by atoms with E-state index >= 15 is 0 Å². The molecule has 0 aromatic heterocycles. The number of terminal acetylenes is 2. The van der Waals surface area contributed by atoms with Crippen LogP contribution in [-0.2, 0) is 12.3 Å². The molecule has 242 valence electrons. The molecule has 0 atom stereocenters. The van der Waals surface area contributed by atoms with Gasteiger partial charge in [-0.3, -0.25) is 0 Å². The van der Waals surface area contributed by atoms with E-state index in [1.165, 1.54) is 0 Å². The van der Waals surface area contributed by atoms with Crippen LogP contribution in [0.1, 0.15) is 0 Å². The summed E-state index contributed by atoms with van der Waals surface area (Å²) in [6.07, 6.45) is 9.86. The Bertz CT molecular complexity index is 2650. The van der Waals surface area contributed by atoms with Gasteiger partial charge < -0.3 is 41.1 Å². The summed E-state index contributed by atoms with van der Waals surface area (Å²) in [6.45, 7) is 0. The minimum atomic E-state index is -4.86. The van der Waals surface area contributed by atoms with Crippen molar-refractivity contribution in [1.29, 1.82) is 0 Å². The first-order valence-electron chi connectivity index (χ1n) is 12.9. The van der Waals surface area contributed by atoms with Crippen LogP contribution in [-0.4, -0.2) is 55.9 Å². The SMILES string of the molecule is C#CC#CC#CC#CC#CC#CC#CC#CC#CC#CC#CC#CC#CC#CC#CC#CC#CC#CC#CC#CC#C.O[Si]1(O)O[Si](O)(O)O[Si](O)(O)O1. The van der Waals surface area contributed by atoms with Crippen molar-refractivity contribution >= 4 is 27.1 Å². The standard InChI is InChI=1S/C42H2.H6O9Si3/c1-3-5-7-9-11-13-15-17-19-21-23-25-27-29-31-33-35-37-39-41-42-40-38-36-34-32-30-28-26-24-22-20-18-16-14-12-10-8-6-4-2;1-10(2)7-11(3,4)9-12(5,6)8-10/h1-2H;1-6H. The molecular formula is C42H8O9Si3. The molecule has 12 heteroatoms. The highest BCUT2D eigenvalue weighted by Gasteiger charge is 2.67. The molecule has 1 rings (SSSR count). The van der Waals surface area contributed by atoms with Crippen LogP contribution in [0.2, 0.25) is 0 Å². The molecule has 1 aliphatic heterocycles. The summed E-state index contributed by atoms with van der Waals surface area (Å²) in [6, 6.07) is 0. The molecule has 1 heterocycles. The Kier molecular flexibility index (Phi) is 25.1. The third-order valence-electron chi connectivity index (χ3n) is 3.25. The second kappa shape index (κ2) is 30.1. The van der Waals surface area contributed by atoms with Gasteiger partial charge in [-0.05, 0) is 94.7 Å². The quantitative estimate of drug-likeness (QED) is 0.107. The van der Waals surface area contributed by atoms with Gasteiger partial charge in [0.15, 0.2) is 0 Å². The van der Waals surface area contributed by atoms with Gasteiger partial charge >= 0.3 is 27.1 Å². The molecule has 0 aliphatic carbocycles. The number of rotatable bonds is 0. The van der Waals surface area contributed by atoms with Gasteiger partial charge in [-0.2, -0.15) is 0 Å². The van der Waals surface area contributed by atoms with Gasteiger partial charge in [0.25, 0.3) is 0 Å². The molecule has 1 aliphatic rings. The Hall–Kier alpha value is -8.95. The van der Waals surface area contributed by atoms with E-state index in [1.807, 2.05) is 0 Å². The predicted octanol–water partition coefficient (Wildman–Crippen LogP) is -4.37. The maximum absolute atomic E-state index is 8.65. The zero-order chi connectivity index (χ0) is 39.9. The first kappa shape index (κ1) is 45.1. The fraction of sp³-hybridized carbons (Fsp3) is 0. The van der Waals surface area contributed by atoms with E-state index in [9.17, 15) is 0 Å². The van der Waals surface area contributed by atoms with Crippen LogP contribution in [0.15, 0.2) is 0 Å². The van der Waals surface area contributed by atoms with Crippen molar-refractivity contribution in [3.05, 3.63) is 0 Å². The zero-order valence-electron chi connectivity index (χ0n) is 26.6. The zero-order valence-corrected chi connectivity index (χ0v) is 29.6. The van der Waals surface area contributed by atoms with Gasteiger partial charge in [0.2, 0.25) is 0 Å². The minimum Gasteiger partial charge on any atom is -0.368 e. The molecule has 1 fully saturated rings. The Morgan fingerprint density at radius 1 is 0.204 bits per heavy atom. The summed E-state index contributed by atoms with van der Waals surface area (Å²) in [5.74, 6) is 98.1. The molecule has 0 saturated carbocycles. The summed E-state index contributed by atoms with van der Waals surface area (Å²) in [5.41, 5.74) is 0. The molecule has 0 bridgehead atoms. The van der Waals surface area contributed by atoms with Crippen molar-refractivity contribution in [3.63, 3.8) is 0 Å². The van der Waals surface area contributed by atoms with Crippen molar-refractivity contribution in [1.82, 2.24) is 0 Å². The molecule has 0 aromatic rings. The van der Waals surface area contributed by atoms with Crippen molar-refractivity contribution in [3.8, 4) is 250 Å². The smallest absolute Gasteiger partial charge is 0.368 e.